The van der Waals surface area contributed by atoms with Crippen LogP contribution in [0.3, 0.4) is 0 Å². The molecule has 1 atom stereocenters. The predicted octanol–water partition coefficient (Wildman–Crippen LogP) is 3.92. The van der Waals surface area contributed by atoms with E-state index in [0.717, 1.165) is 59.9 Å². The molecule has 0 bridgehead atoms. The van der Waals surface area contributed by atoms with Crippen molar-refractivity contribution in [3.8, 4) is 0 Å². The van der Waals surface area contributed by atoms with E-state index in [1.807, 2.05) is 0 Å². The molecule has 1 fully saturated rings. The minimum absolute atomic E-state index is 0.348. The third-order valence-corrected chi connectivity index (χ3v) is 4.57. The van der Waals surface area contributed by atoms with E-state index in [1.54, 1.807) is 0 Å². The van der Waals surface area contributed by atoms with Gasteiger partial charge in [-0.1, -0.05) is 20.8 Å². The number of hydrogen-bond acceptors (Lipinski definition) is 4. The van der Waals surface area contributed by atoms with Crippen molar-refractivity contribution < 1.29 is 4.74 Å². The normalized spacial score (nSPS) is 19.4. The number of anilines is 1. The number of aromatic nitrogens is 2. The third-order valence-electron chi connectivity index (χ3n) is 3.51. The summed E-state index contributed by atoms with van der Waals surface area (Å²) < 4.78 is 6.74. The molecule has 1 aromatic rings. The van der Waals surface area contributed by atoms with Gasteiger partial charge in [0.25, 0.3) is 0 Å². The van der Waals surface area contributed by atoms with E-state index in [0.29, 0.717) is 11.8 Å². The SMILES string of the molecule is CCCNc1nc(C2CCCOC2)nc(C(C)C)c1I. The van der Waals surface area contributed by atoms with E-state index < -0.39 is 0 Å². The third kappa shape index (κ3) is 3.81. The standard InChI is InChI=1S/C15H24IN3O/c1-4-7-17-15-12(16)13(10(2)3)18-14(19-15)11-6-5-8-20-9-11/h10-11H,4-9H2,1-3H3,(H,17,18,19). The van der Waals surface area contributed by atoms with E-state index in [9.17, 15) is 0 Å². The smallest absolute Gasteiger partial charge is 0.143 e. The molecule has 0 aliphatic carbocycles. The maximum atomic E-state index is 5.59. The Bertz CT molecular complexity index is 445. The summed E-state index contributed by atoms with van der Waals surface area (Å²) in [4.78, 5) is 9.59. The van der Waals surface area contributed by atoms with Gasteiger partial charge in [0.15, 0.2) is 0 Å². The molecule has 0 aromatic carbocycles. The Morgan fingerprint density at radius 1 is 1.40 bits per heavy atom. The average Bonchev–Trinajstić information content (AvgIpc) is 2.46. The molecule has 0 radical (unpaired) electrons. The monoisotopic (exact) mass is 389 g/mol. The number of ether oxygens (including phenoxy) is 1. The van der Waals surface area contributed by atoms with Gasteiger partial charge >= 0.3 is 0 Å². The molecule has 1 unspecified atom stereocenters. The molecule has 0 amide bonds. The lowest BCUT2D eigenvalue weighted by molar-refractivity contribution is 0.0780. The molecular weight excluding hydrogens is 365 g/mol. The average molecular weight is 389 g/mol. The molecule has 2 rings (SSSR count). The lowest BCUT2D eigenvalue weighted by Gasteiger charge is -2.23. The number of nitrogens with zero attached hydrogens (tertiary/aromatic N) is 2. The maximum absolute atomic E-state index is 5.59. The van der Waals surface area contributed by atoms with E-state index in [2.05, 4.69) is 48.7 Å². The van der Waals surface area contributed by atoms with Crippen molar-refractivity contribution in [3.05, 3.63) is 15.1 Å². The van der Waals surface area contributed by atoms with Gasteiger partial charge in [-0.05, 0) is 47.8 Å². The lowest BCUT2D eigenvalue weighted by Crippen LogP contribution is -2.20. The molecule has 0 saturated carbocycles. The zero-order chi connectivity index (χ0) is 14.5. The molecule has 0 spiro atoms. The van der Waals surface area contributed by atoms with Crippen molar-refractivity contribution in [1.29, 1.82) is 0 Å². The molecular formula is C15H24IN3O. The molecule has 112 valence electrons. The van der Waals surface area contributed by atoms with Crippen LogP contribution < -0.4 is 5.32 Å². The Labute approximate surface area is 135 Å². The molecule has 1 aliphatic rings. The van der Waals surface area contributed by atoms with E-state index in [4.69, 9.17) is 14.7 Å². The zero-order valence-corrected chi connectivity index (χ0v) is 14.7. The Kier molecular flexibility index (Phi) is 6.01. The van der Waals surface area contributed by atoms with Gasteiger partial charge < -0.3 is 10.1 Å². The number of hydrogen-bond donors (Lipinski definition) is 1. The Balaban J connectivity index is 2.32. The highest BCUT2D eigenvalue weighted by Gasteiger charge is 2.22. The fourth-order valence-electron chi connectivity index (χ4n) is 2.35. The van der Waals surface area contributed by atoms with Crippen molar-refractivity contribution in [2.24, 2.45) is 0 Å². The molecule has 2 heterocycles. The van der Waals surface area contributed by atoms with Gasteiger partial charge in [0.2, 0.25) is 0 Å². The van der Waals surface area contributed by atoms with Gasteiger partial charge in [0, 0.05) is 19.1 Å². The maximum Gasteiger partial charge on any atom is 0.143 e. The van der Waals surface area contributed by atoms with Crippen LogP contribution in [0.25, 0.3) is 0 Å². The van der Waals surface area contributed by atoms with Gasteiger partial charge in [0.05, 0.1) is 15.9 Å². The van der Waals surface area contributed by atoms with Gasteiger partial charge in [-0.15, -0.1) is 0 Å². The number of rotatable bonds is 5. The summed E-state index contributed by atoms with van der Waals surface area (Å²) in [7, 11) is 0. The van der Waals surface area contributed by atoms with Crippen LogP contribution in [0.2, 0.25) is 0 Å². The van der Waals surface area contributed by atoms with Crippen molar-refractivity contribution in [3.63, 3.8) is 0 Å². The van der Waals surface area contributed by atoms with Crippen LogP contribution in [-0.4, -0.2) is 29.7 Å². The lowest BCUT2D eigenvalue weighted by atomic mass is 10.0. The molecule has 1 saturated heterocycles. The van der Waals surface area contributed by atoms with E-state index in [1.165, 1.54) is 0 Å². The topological polar surface area (TPSA) is 47.0 Å². The van der Waals surface area contributed by atoms with Crippen LogP contribution >= 0.6 is 22.6 Å². The summed E-state index contributed by atoms with van der Waals surface area (Å²) in [5.41, 5.74) is 1.15. The van der Waals surface area contributed by atoms with Crippen LogP contribution in [0.4, 0.5) is 5.82 Å². The van der Waals surface area contributed by atoms with Crippen LogP contribution in [-0.2, 0) is 4.74 Å². The summed E-state index contributed by atoms with van der Waals surface area (Å²) in [5, 5.41) is 3.44. The van der Waals surface area contributed by atoms with Crippen LogP contribution in [0.15, 0.2) is 0 Å². The highest BCUT2D eigenvalue weighted by molar-refractivity contribution is 14.1. The zero-order valence-electron chi connectivity index (χ0n) is 12.6. The minimum Gasteiger partial charge on any atom is -0.381 e. The van der Waals surface area contributed by atoms with Crippen molar-refractivity contribution >= 4 is 28.4 Å². The van der Waals surface area contributed by atoms with Crippen molar-refractivity contribution in [2.75, 3.05) is 25.1 Å². The minimum atomic E-state index is 0.348. The summed E-state index contributed by atoms with van der Waals surface area (Å²) in [5.74, 6) is 2.70. The van der Waals surface area contributed by atoms with Crippen molar-refractivity contribution in [2.45, 2.75) is 51.9 Å². The van der Waals surface area contributed by atoms with Crippen LogP contribution in [0.5, 0.6) is 0 Å². The highest BCUT2D eigenvalue weighted by atomic mass is 127. The fraction of sp³-hybridized carbons (Fsp3) is 0.733. The first-order valence-electron chi connectivity index (χ1n) is 7.52. The summed E-state index contributed by atoms with van der Waals surface area (Å²) in [6, 6.07) is 0. The molecule has 1 N–H and O–H groups in total. The van der Waals surface area contributed by atoms with Gasteiger partial charge in [-0.25, -0.2) is 9.97 Å². The van der Waals surface area contributed by atoms with E-state index >= 15 is 0 Å². The quantitative estimate of drug-likeness (QED) is 0.776. The first-order valence-corrected chi connectivity index (χ1v) is 8.60. The highest BCUT2D eigenvalue weighted by Crippen LogP contribution is 2.29. The molecule has 20 heavy (non-hydrogen) atoms. The molecule has 1 aromatic heterocycles. The van der Waals surface area contributed by atoms with Gasteiger partial charge in [-0.2, -0.15) is 0 Å². The fourth-order valence-corrected chi connectivity index (χ4v) is 3.41. The predicted molar refractivity (Wildman–Crippen MR) is 90.4 cm³/mol. The Hall–Kier alpha value is -0.430. The number of nitrogens with one attached hydrogen (secondary N) is 1. The number of halogens is 1. The van der Waals surface area contributed by atoms with Gasteiger partial charge in [0.1, 0.15) is 11.6 Å². The first-order chi connectivity index (χ1) is 9.63. The second kappa shape index (κ2) is 7.54. The summed E-state index contributed by atoms with van der Waals surface area (Å²) in [6.45, 7) is 9.13. The Morgan fingerprint density at radius 2 is 2.20 bits per heavy atom. The molecule has 5 heteroatoms. The first kappa shape index (κ1) is 15.9. The molecule has 4 nitrogen and oxygen atoms in total. The van der Waals surface area contributed by atoms with Crippen molar-refractivity contribution in [1.82, 2.24) is 9.97 Å². The molecule has 1 aliphatic heterocycles. The summed E-state index contributed by atoms with van der Waals surface area (Å²) in [6.07, 6.45) is 3.33. The largest absolute Gasteiger partial charge is 0.381 e. The van der Waals surface area contributed by atoms with Crippen LogP contribution in [0.1, 0.15) is 63.4 Å². The second-order valence-corrected chi connectivity index (χ2v) is 6.70. The summed E-state index contributed by atoms with van der Waals surface area (Å²) >= 11 is 2.36. The van der Waals surface area contributed by atoms with Crippen LogP contribution in [0, 0.1) is 3.57 Å². The van der Waals surface area contributed by atoms with E-state index in [-0.39, 0.29) is 0 Å². The second-order valence-electron chi connectivity index (χ2n) is 5.63. The van der Waals surface area contributed by atoms with Gasteiger partial charge in [-0.3, -0.25) is 0 Å². The Morgan fingerprint density at radius 3 is 2.80 bits per heavy atom.